The van der Waals surface area contributed by atoms with E-state index in [0.29, 0.717) is 18.5 Å². The first-order valence-electron chi connectivity index (χ1n) is 17.6. The molecule has 2 saturated carbocycles. The molecular weight excluding hydrogens is 630 g/mol. The molecule has 13 heteroatoms. The van der Waals surface area contributed by atoms with Gasteiger partial charge in [-0.3, -0.25) is 28.8 Å². The number of Topliss-reactive ketones (excluding diaryl/α,β-unsaturated/α-hetero) is 2. The lowest BCUT2D eigenvalue weighted by atomic mass is 9.83. The van der Waals surface area contributed by atoms with Crippen molar-refractivity contribution in [3.63, 3.8) is 0 Å². The number of ether oxygens (including phenoxy) is 1. The minimum Gasteiger partial charge on any atom is -0.449 e. The molecule has 0 spiro atoms. The first-order valence-corrected chi connectivity index (χ1v) is 17.6. The van der Waals surface area contributed by atoms with Crippen molar-refractivity contribution in [2.75, 3.05) is 19.7 Å². The van der Waals surface area contributed by atoms with E-state index in [9.17, 15) is 33.6 Å². The van der Waals surface area contributed by atoms with E-state index < -0.39 is 60.3 Å². The zero-order chi connectivity index (χ0) is 35.7. The van der Waals surface area contributed by atoms with Crippen molar-refractivity contribution in [2.24, 2.45) is 23.7 Å². The number of piperidine rings is 1. The van der Waals surface area contributed by atoms with Crippen molar-refractivity contribution in [1.29, 1.82) is 0 Å². The third-order valence-corrected chi connectivity index (χ3v) is 9.60. The van der Waals surface area contributed by atoms with E-state index in [-0.39, 0.29) is 48.4 Å². The van der Waals surface area contributed by atoms with Gasteiger partial charge in [0.05, 0.1) is 19.2 Å². The normalized spacial score (nSPS) is 21.8. The van der Waals surface area contributed by atoms with E-state index in [1.54, 1.807) is 30.3 Å². The standard InChI is InChI=1S/C36H51N5O8/c1-5-12-27(32(44)34(46)37-18-28(43)39-29(22(4)42)23-13-8-6-9-14-23)38-33(45)31-26-17-25(26)19-41(31)35(47)30(24-15-10-7-11-16-24)40-36(48)49-20-21(2)3/h6,8-9,13-14,21,24-27,29-31H,5,7,10-12,15-20H2,1-4H3,(H,37,46)(H,38,45)(H,39,43)(H,40,48)/t25-,26-,27?,29+,30-,31-/m0/s1. The molecule has 1 aromatic rings. The minimum absolute atomic E-state index is 0.0717. The Morgan fingerprint density at radius 2 is 1.63 bits per heavy atom. The van der Waals surface area contributed by atoms with Gasteiger partial charge in [0.15, 0.2) is 5.78 Å². The molecule has 0 bridgehead atoms. The van der Waals surface area contributed by atoms with Gasteiger partial charge in [0.25, 0.3) is 5.91 Å². The number of ketones is 2. The molecule has 49 heavy (non-hydrogen) atoms. The summed E-state index contributed by atoms with van der Waals surface area (Å²) in [5.41, 5.74) is 0.584. The number of fused-ring (bicyclic) bond motifs is 1. The fourth-order valence-electron chi connectivity index (χ4n) is 6.96. The Labute approximate surface area is 288 Å². The Balaban J connectivity index is 1.39. The molecule has 5 amide bonds. The van der Waals surface area contributed by atoms with Gasteiger partial charge >= 0.3 is 6.09 Å². The molecule has 3 fully saturated rings. The second kappa shape index (κ2) is 17.4. The van der Waals surface area contributed by atoms with Crippen molar-refractivity contribution < 1.29 is 38.3 Å². The van der Waals surface area contributed by atoms with Crippen molar-refractivity contribution in [3.05, 3.63) is 35.9 Å². The summed E-state index contributed by atoms with van der Waals surface area (Å²) in [4.78, 5) is 93.0. The number of carbonyl (C=O) groups is 7. The topological polar surface area (TPSA) is 180 Å². The summed E-state index contributed by atoms with van der Waals surface area (Å²) in [6.45, 7) is 7.04. The van der Waals surface area contributed by atoms with Gasteiger partial charge in [0.2, 0.25) is 23.5 Å². The predicted octanol–water partition coefficient (Wildman–Crippen LogP) is 2.58. The lowest BCUT2D eigenvalue weighted by Crippen LogP contribution is -2.59. The number of alkyl carbamates (subject to hydrolysis) is 1. The average molecular weight is 682 g/mol. The smallest absolute Gasteiger partial charge is 0.407 e. The Kier molecular flexibility index (Phi) is 13.3. The largest absolute Gasteiger partial charge is 0.449 e. The highest BCUT2D eigenvalue weighted by Crippen LogP contribution is 2.50. The highest BCUT2D eigenvalue weighted by molar-refractivity contribution is 6.38. The zero-order valence-corrected chi connectivity index (χ0v) is 29.0. The number of nitrogens with one attached hydrogen (secondary N) is 4. The first kappa shape index (κ1) is 37.5. The van der Waals surface area contributed by atoms with E-state index in [1.165, 1.54) is 11.8 Å². The lowest BCUT2D eigenvalue weighted by Gasteiger charge is -2.35. The second-order valence-electron chi connectivity index (χ2n) is 14.0. The Hall–Kier alpha value is -4.29. The summed E-state index contributed by atoms with van der Waals surface area (Å²) in [6.07, 6.45) is 5.27. The molecule has 2 aliphatic carbocycles. The van der Waals surface area contributed by atoms with Crippen LogP contribution in [0.2, 0.25) is 0 Å². The third kappa shape index (κ3) is 10.1. The zero-order valence-electron chi connectivity index (χ0n) is 29.0. The van der Waals surface area contributed by atoms with Crippen molar-refractivity contribution >= 4 is 41.3 Å². The SMILES string of the molecule is CCCC(NC(=O)[C@@H]1[C@H]2C[C@H]2CN1C(=O)[C@@H](NC(=O)OCC(C)C)C1CCCCC1)C(=O)C(=O)NCC(=O)N[C@H](C(C)=O)c1ccccc1. The van der Waals surface area contributed by atoms with E-state index in [0.717, 1.165) is 38.5 Å². The summed E-state index contributed by atoms with van der Waals surface area (Å²) in [6, 6.07) is 4.92. The van der Waals surface area contributed by atoms with Crippen LogP contribution < -0.4 is 21.3 Å². The quantitative estimate of drug-likeness (QED) is 0.192. The molecule has 13 nitrogen and oxygen atoms in total. The predicted molar refractivity (Wildman–Crippen MR) is 180 cm³/mol. The molecule has 0 radical (unpaired) electrons. The van der Waals surface area contributed by atoms with Crippen LogP contribution in [0.4, 0.5) is 4.79 Å². The number of hydrogen-bond acceptors (Lipinski definition) is 8. The minimum atomic E-state index is -1.16. The van der Waals surface area contributed by atoms with Crippen molar-refractivity contribution in [2.45, 2.75) is 103 Å². The first-order chi connectivity index (χ1) is 23.4. The van der Waals surface area contributed by atoms with Crippen LogP contribution in [0.5, 0.6) is 0 Å². The maximum absolute atomic E-state index is 14.1. The van der Waals surface area contributed by atoms with Gasteiger partial charge in [0, 0.05) is 6.54 Å². The van der Waals surface area contributed by atoms with E-state index in [4.69, 9.17) is 4.74 Å². The number of benzene rings is 1. The molecule has 4 rings (SSSR count). The van der Waals surface area contributed by atoms with Crippen LogP contribution in [0.25, 0.3) is 0 Å². The van der Waals surface area contributed by atoms with Gasteiger partial charge < -0.3 is 30.9 Å². The van der Waals surface area contributed by atoms with Crippen molar-refractivity contribution in [1.82, 2.24) is 26.2 Å². The number of hydrogen-bond donors (Lipinski definition) is 4. The number of amides is 5. The summed E-state index contributed by atoms with van der Waals surface area (Å²) >= 11 is 0. The molecule has 268 valence electrons. The molecule has 0 aromatic heterocycles. The molecule has 6 atom stereocenters. The van der Waals surface area contributed by atoms with Crippen LogP contribution in [0.3, 0.4) is 0 Å². The Morgan fingerprint density at radius 3 is 2.27 bits per heavy atom. The molecule has 1 unspecified atom stereocenters. The van der Waals surface area contributed by atoms with Crippen molar-refractivity contribution in [3.8, 4) is 0 Å². The molecular formula is C36H51N5O8. The average Bonchev–Trinajstić information content (AvgIpc) is 3.75. The number of carbonyl (C=O) groups excluding carboxylic acids is 7. The maximum atomic E-state index is 14.1. The third-order valence-electron chi connectivity index (χ3n) is 9.60. The molecule has 4 N–H and O–H groups in total. The van der Waals surface area contributed by atoms with Crippen LogP contribution in [0, 0.1) is 23.7 Å². The number of nitrogens with zero attached hydrogens (tertiary/aromatic N) is 1. The van der Waals surface area contributed by atoms with Gasteiger partial charge in [-0.05, 0) is 61.8 Å². The fourth-order valence-corrected chi connectivity index (χ4v) is 6.96. The molecule has 1 aromatic carbocycles. The Bertz CT molecular complexity index is 1380. The summed E-state index contributed by atoms with van der Waals surface area (Å²) in [5, 5.41) is 10.4. The van der Waals surface area contributed by atoms with Gasteiger partial charge in [-0.1, -0.05) is 76.8 Å². The molecule has 1 saturated heterocycles. The number of rotatable bonds is 16. The molecule has 1 heterocycles. The second-order valence-corrected chi connectivity index (χ2v) is 14.0. The summed E-state index contributed by atoms with van der Waals surface area (Å²) < 4.78 is 5.34. The van der Waals surface area contributed by atoms with E-state index in [1.807, 2.05) is 20.8 Å². The fraction of sp³-hybridized carbons (Fsp3) is 0.639. The van der Waals surface area contributed by atoms with Crippen LogP contribution in [0.15, 0.2) is 30.3 Å². The van der Waals surface area contributed by atoms with Crippen LogP contribution in [-0.2, 0) is 33.5 Å². The van der Waals surface area contributed by atoms with Gasteiger partial charge in [-0.25, -0.2) is 4.79 Å². The summed E-state index contributed by atoms with van der Waals surface area (Å²) in [7, 11) is 0. The van der Waals surface area contributed by atoms with Crippen LogP contribution in [0.1, 0.15) is 90.7 Å². The molecule has 3 aliphatic rings. The summed E-state index contributed by atoms with van der Waals surface area (Å²) in [5.74, 6) is -3.63. The highest BCUT2D eigenvalue weighted by atomic mass is 16.5. The lowest BCUT2D eigenvalue weighted by molar-refractivity contribution is -0.144. The Morgan fingerprint density at radius 1 is 0.939 bits per heavy atom. The maximum Gasteiger partial charge on any atom is 0.407 e. The van der Waals surface area contributed by atoms with E-state index in [2.05, 4.69) is 21.3 Å². The number of likely N-dealkylation sites (tertiary alicyclic amines) is 1. The van der Waals surface area contributed by atoms with Crippen LogP contribution >= 0.6 is 0 Å². The monoisotopic (exact) mass is 681 g/mol. The highest BCUT2D eigenvalue weighted by Gasteiger charge is 2.58. The molecule has 1 aliphatic heterocycles. The van der Waals surface area contributed by atoms with E-state index >= 15 is 0 Å². The van der Waals surface area contributed by atoms with Gasteiger partial charge in [-0.2, -0.15) is 0 Å². The van der Waals surface area contributed by atoms with Gasteiger partial charge in [-0.15, -0.1) is 0 Å². The van der Waals surface area contributed by atoms with Gasteiger partial charge in [0.1, 0.15) is 18.1 Å². The van der Waals surface area contributed by atoms with Crippen LogP contribution in [-0.4, -0.2) is 84.0 Å².